The number of benzene rings is 2. The van der Waals surface area contributed by atoms with E-state index < -0.39 is 0 Å². The third kappa shape index (κ3) is 2.93. The lowest BCUT2D eigenvalue weighted by atomic mass is 10.1. The van der Waals surface area contributed by atoms with Crippen LogP contribution in [0.25, 0.3) is 0 Å². The molecule has 0 aliphatic heterocycles. The van der Waals surface area contributed by atoms with Crippen molar-refractivity contribution >= 4 is 11.4 Å². The zero-order valence-electron chi connectivity index (χ0n) is 11.6. The van der Waals surface area contributed by atoms with Gasteiger partial charge in [0.2, 0.25) is 0 Å². The van der Waals surface area contributed by atoms with E-state index in [-0.39, 0.29) is 5.82 Å². The van der Waals surface area contributed by atoms with Crippen LogP contribution in [0.3, 0.4) is 0 Å². The molecule has 2 aromatic rings. The van der Waals surface area contributed by atoms with Crippen molar-refractivity contribution in [2.24, 2.45) is 0 Å². The Bertz CT molecular complexity index is 566. The molecular weight excluding hydrogens is 239 g/mol. The third-order valence-electron chi connectivity index (χ3n) is 3.18. The topological polar surface area (TPSA) is 15.3 Å². The molecule has 0 aliphatic rings. The van der Waals surface area contributed by atoms with Crippen LogP contribution in [0.4, 0.5) is 15.8 Å². The van der Waals surface area contributed by atoms with Crippen LogP contribution in [0, 0.1) is 12.7 Å². The fraction of sp³-hybridized carbons (Fsp3) is 0.250. The van der Waals surface area contributed by atoms with E-state index in [2.05, 4.69) is 18.3 Å². The molecule has 0 heterocycles. The normalized spacial score (nSPS) is 10.5. The first kappa shape index (κ1) is 13.6. The molecule has 100 valence electrons. The molecule has 0 atom stereocenters. The highest BCUT2D eigenvalue weighted by molar-refractivity contribution is 5.66. The largest absolute Gasteiger partial charge is 0.342 e. The third-order valence-corrected chi connectivity index (χ3v) is 3.18. The van der Waals surface area contributed by atoms with Crippen molar-refractivity contribution in [3.05, 3.63) is 59.4 Å². The highest BCUT2D eigenvalue weighted by atomic mass is 19.1. The van der Waals surface area contributed by atoms with Gasteiger partial charge in [-0.2, -0.15) is 0 Å². The maximum atomic E-state index is 13.9. The first-order chi connectivity index (χ1) is 9.13. The van der Waals surface area contributed by atoms with Gasteiger partial charge in [-0.15, -0.1) is 0 Å². The fourth-order valence-electron chi connectivity index (χ4n) is 2.23. The average molecular weight is 258 g/mol. The van der Waals surface area contributed by atoms with Gasteiger partial charge in [0.05, 0.1) is 5.69 Å². The van der Waals surface area contributed by atoms with Crippen molar-refractivity contribution in [2.75, 3.05) is 19.0 Å². The summed E-state index contributed by atoms with van der Waals surface area (Å²) in [5, 5.41) is 3.15. The van der Waals surface area contributed by atoms with Crippen molar-refractivity contribution in [3.63, 3.8) is 0 Å². The van der Waals surface area contributed by atoms with Gasteiger partial charge in [-0.1, -0.05) is 29.8 Å². The van der Waals surface area contributed by atoms with Gasteiger partial charge in [0.1, 0.15) is 5.82 Å². The maximum absolute atomic E-state index is 13.9. The molecule has 2 aromatic carbocycles. The summed E-state index contributed by atoms with van der Waals surface area (Å²) in [7, 11) is 3.80. The Labute approximate surface area is 113 Å². The second-order valence-electron chi connectivity index (χ2n) is 4.67. The quantitative estimate of drug-likeness (QED) is 0.901. The molecule has 0 aromatic heterocycles. The van der Waals surface area contributed by atoms with E-state index in [0.29, 0.717) is 5.69 Å². The number of halogens is 1. The highest BCUT2D eigenvalue weighted by Crippen LogP contribution is 2.29. The summed E-state index contributed by atoms with van der Waals surface area (Å²) in [6.45, 7) is 2.82. The molecule has 3 heteroatoms. The Morgan fingerprint density at radius 3 is 2.53 bits per heavy atom. The average Bonchev–Trinajstić information content (AvgIpc) is 2.39. The van der Waals surface area contributed by atoms with Crippen LogP contribution < -0.4 is 10.2 Å². The lowest BCUT2D eigenvalue weighted by Gasteiger charge is -2.23. The summed E-state index contributed by atoms with van der Waals surface area (Å²) in [6.07, 6.45) is 0. The van der Waals surface area contributed by atoms with Gasteiger partial charge in [0.15, 0.2) is 0 Å². The lowest BCUT2D eigenvalue weighted by Crippen LogP contribution is -2.16. The van der Waals surface area contributed by atoms with E-state index in [9.17, 15) is 4.39 Å². The summed E-state index contributed by atoms with van der Waals surface area (Å²) in [6, 6.07) is 13.0. The number of anilines is 2. The first-order valence-electron chi connectivity index (χ1n) is 6.36. The molecule has 0 fully saturated rings. The minimum atomic E-state index is -0.207. The predicted octanol–water partition coefficient (Wildman–Crippen LogP) is 3.62. The molecule has 0 saturated carbocycles. The van der Waals surface area contributed by atoms with Crippen LogP contribution in [0.5, 0.6) is 0 Å². The van der Waals surface area contributed by atoms with Crippen molar-refractivity contribution < 1.29 is 4.39 Å². The molecule has 0 spiro atoms. The predicted molar refractivity (Wildman–Crippen MR) is 78.4 cm³/mol. The van der Waals surface area contributed by atoms with Crippen molar-refractivity contribution in [2.45, 2.75) is 13.5 Å². The smallest absolute Gasteiger partial charge is 0.146 e. The van der Waals surface area contributed by atoms with Crippen molar-refractivity contribution in [1.29, 1.82) is 0 Å². The van der Waals surface area contributed by atoms with Crippen molar-refractivity contribution in [1.82, 2.24) is 5.32 Å². The number of rotatable bonds is 4. The molecule has 19 heavy (non-hydrogen) atoms. The maximum Gasteiger partial charge on any atom is 0.146 e. The fourth-order valence-corrected chi connectivity index (χ4v) is 2.23. The van der Waals surface area contributed by atoms with E-state index in [4.69, 9.17) is 0 Å². The summed E-state index contributed by atoms with van der Waals surface area (Å²) in [5.74, 6) is -0.207. The Kier molecular flexibility index (Phi) is 4.17. The van der Waals surface area contributed by atoms with Gasteiger partial charge in [-0.25, -0.2) is 4.39 Å². The van der Waals surface area contributed by atoms with E-state index in [1.807, 2.05) is 37.2 Å². The zero-order valence-corrected chi connectivity index (χ0v) is 11.6. The molecule has 2 nitrogen and oxygen atoms in total. The lowest BCUT2D eigenvalue weighted by molar-refractivity contribution is 0.627. The molecular formula is C16H19FN2. The summed E-state index contributed by atoms with van der Waals surface area (Å²) < 4.78 is 13.9. The SMILES string of the molecule is CNCc1cc(C)ccc1N(C)c1ccccc1F. The van der Waals surface area contributed by atoms with Gasteiger partial charge in [0.25, 0.3) is 0 Å². The van der Waals surface area contributed by atoms with E-state index >= 15 is 0 Å². The Morgan fingerprint density at radius 2 is 1.84 bits per heavy atom. The van der Waals surface area contributed by atoms with Crippen LogP contribution >= 0.6 is 0 Å². The molecule has 0 radical (unpaired) electrons. The van der Waals surface area contributed by atoms with E-state index in [0.717, 1.165) is 17.8 Å². The van der Waals surface area contributed by atoms with Crippen LogP contribution in [0.1, 0.15) is 11.1 Å². The number of hydrogen-bond acceptors (Lipinski definition) is 2. The zero-order chi connectivity index (χ0) is 13.8. The molecule has 0 saturated heterocycles. The Balaban J connectivity index is 2.43. The molecule has 0 unspecified atom stereocenters. The molecule has 0 aliphatic carbocycles. The van der Waals surface area contributed by atoms with Gasteiger partial charge in [-0.05, 0) is 37.7 Å². The standard InChI is InChI=1S/C16H19FN2/c1-12-8-9-15(13(10-12)11-18-2)19(3)16-7-5-4-6-14(16)17/h4-10,18H,11H2,1-3H3. The molecule has 0 bridgehead atoms. The number of aryl methyl sites for hydroxylation is 1. The first-order valence-corrected chi connectivity index (χ1v) is 6.36. The monoisotopic (exact) mass is 258 g/mol. The van der Waals surface area contributed by atoms with Gasteiger partial charge in [-0.3, -0.25) is 0 Å². The second-order valence-corrected chi connectivity index (χ2v) is 4.67. The van der Waals surface area contributed by atoms with Gasteiger partial charge >= 0.3 is 0 Å². The summed E-state index contributed by atoms with van der Waals surface area (Å²) in [5.41, 5.74) is 3.97. The number of nitrogens with one attached hydrogen (secondary N) is 1. The van der Waals surface area contributed by atoms with Gasteiger partial charge < -0.3 is 10.2 Å². The Hall–Kier alpha value is -1.87. The van der Waals surface area contributed by atoms with Crippen LogP contribution in [0.2, 0.25) is 0 Å². The molecule has 1 N–H and O–H groups in total. The highest BCUT2D eigenvalue weighted by Gasteiger charge is 2.12. The minimum absolute atomic E-state index is 0.207. The van der Waals surface area contributed by atoms with Gasteiger partial charge in [0, 0.05) is 19.3 Å². The second kappa shape index (κ2) is 5.85. The number of nitrogens with zero attached hydrogens (tertiary/aromatic N) is 1. The minimum Gasteiger partial charge on any atom is -0.342 e. The van der Waals surface area contributed by atoms with Crippen LogP contribution in [-0.2, 0) is 6.54 Å². The van der Waals surface area contributed by atoms with Crippen molar-refractivity contribution in [3.8, 4) is 0 Å². The number of hydrogen-bond donors (Lipinski definition) is 1. The summed E-state index contributed by atoms with van der Waals surface area (Å²) in [4.78, 5) is 1.89. The van der Waals surface area contributed by atoms with E-state index in [1.165, 1.54) is 11.6 Å². The van der Waals surface area contributed by atoms with Crippen LogP contribution in [-0.4, -0.2) is 14.1 Å². The molecule has 0 amide bonds. The van der Waals surface area contributed by atoms with Crippen LogP contribution in [0.15, 0.2) is 42.5 Å². The number of para-hydroxylation sites is 1. The Morgan fingerprint density at radius 1 is 1.11 bits per heavy atom. The van der Waals surface area contributed by atoms with E-state index in [1.54, 1.807) is 12.1 Å². The molecule has 2 rings (SSSR count). The summed E-state index contributed by atoms with van der Waals surface area (Å²) >= 11 is 0.